The number of aliphatic hydroxyl groups is 1. The van der Waals surface area contributed by atoms with E-state index in [1.165, 1.54) is 0 Å². The van der Waals surface area contributed by atoms with Crippen molar-refractivity contribution in [3.05, 3.63) is 0 Å². The summed E-state index contributed by atoms with van der Waals surface area (Å²) in [6.07, 6.45) is 3.97. The van der Waals surface area contributed by atoms with Crippen LogP contribution >= 0.6 is 0 Å². The molecule has 1 rings (SSSR count). The number of carbonyl (C=O) groups excluding carboxylic acids is 1. The number of hydrogen-bond donors (Lipinski definition) is 3. The number of rotatable bonds is 7. The lowest BCUT2D eigenvalue weighted by Crippen LogP contribution is -2.45. The Labute approximate surface area is 96.3 Å². The number of nitrogens with one attached hydrogen (secondary N) is 1. The number of nitrogens with two attached hydrogens (primary N) is 1. The van der Waals surface area contributed by atoms with Crippen molar-refractivity contribution in [3.63, 3.8) is 0 Å². The molecule has 1 aliphatic rings. The minimum atomic E-state index is -0.336. The summed E-state index contributed by atoms with van der Waals surface area (Å²) < 4.78 is 5.07. The van der Waals surface area contributed by atoms with E-state index >= 15 is 0 Å². The Morgan fingerprint density at radius 3 is 2.62 bits per heavy atom. The molecular formula is C11H22N2O3. The summed E-state index contributed by atoms with van der Waals surface area (Å²) >= 11 is 0. The maximum Gasteiger partial charge on any atom is 0.227 e. The first-order valence-corrected chi connectivity index (χ1v) is 5.92. The Kier molecular flexibility index (Phi) is 5.73. The third-order valence-corrected chi connectivity index (χ3v) is 3.20. The van der Waals surface area contributed by atoms with Gasteiger partial charge in [-0.1, -0.05) is 12.8 Å². The Bertz CT molecular complexity index is 215. The van der Waals surface area contributed by atoms with Gasteiger partial charge in [-0.15, -0.1) is 0 Å². The van der Waals surface area contributed by atoms with Gasteiger partial charge in [0.1, 0.15) is 0 Å². The van der Waals surface area contributed by atoms with E-state index in [-0.39, 0.29) is 17.9 Å². The van der Waals surface area contributed by atoms with Gasteiger partial charge in [-0.25, -0.2) is 0 Å². The third kappa shape index (κ3) is 3.43. The minimum Gasteiger partial charge on any atom is -0.394 e. The highest BCUT2D eigenvalue weighted by Crippen LogP contribution is 2.37. The third-order valence-electron chi connectivity index (χ3n) is 3.20. The Morgan fingerprint density at radius 2 is 2.06 bits per heavy atom. The van der Waals surface area contributed by atoms with Gasteiger partial charge in [-0.2, -0.15) is 0 Å². The summed E-state index contributed by atoms with van der Waals surface area (Å²) in [5.74, 6) is 0.0556. The van der Waals surface area contributed by atoms with E-state index in [0.29, 0.717) is 26.3 Å². The molecule has 0 aromatic rings. The van der Waals surface area contributed by atoms with Gasteiger partial charge in [0.05, 0.1) is 25.2 Å². The molecule has 0 heterocycles. The van der Waals surface area contributed by atoms with Crippen LogP contribution in [0.2, 0.25) is 0 Å². The first-order chi connectivity index (χ1) is 7.75. The lowest BCUT2D eigenvalue weighted by molar-refractivity contribution is -0.130. The maximum atomic E-state index is 11.9. The zero-order valence-electron chi connectivity index (χ0n) is 9.71. The highest BCUT2D eigenvalue weighted by Gasteiger charge is 2.39. The largest absolute Gasteiger partial charge is 0.394 e. The fourth-order valence-electron chi connectivity index (χ4n) is 2.17. The fourth-order valence-corrected chi connectivity index (χ4v) is 2.17. The van der Waals surface area contributed by atoms with Gasteiger partial charge in [0, 0.05) is 13.1 Å². The van der Waals surface area contributed by atoms with Crippen LogP contribution in [0.15, 0.2) is 0 Å². The van der Waals surface area contributed by atoms with Gasteiger partial charge in [0.25, 0.3) is 0 Å². The second-order valence-electron chi connectivity index (χ2n) is 4.28. The van der Waals surface area contributed by atoms with Crippen LogP contribution in [0.1, 0.15) is 25.7 Å². The molecule has 0 unspecified atom stereocenters. The van der Waals surface area contributed by atoms with Crippen LogP contribution in [0.4, 0.5) is 0 Å². The van der Waals surface area contributed by atoms with Crippen LogP contribution < -0.4 is 11.1 Å². The van der Waals surface area contributed by atoms with E-state index in [9.17, 15) is 4.79 Å². The first kappa shape index (κ1) is 13.4. The predicted molar refractivity (Wildman–Crippen MR) is 60.9 cm³/mol. The summed E-state index contributed by atoms with van der Waals surface area (Å²) in [5.41, 5.74) is 5.36. The van der Waals surface area contributed by atoms with Crippen molar-refractivity contribution in [2.75, 3.05) is 32.9 Å². The smallest absolute Gasteiger partial charge is 0.227 e. The predicted octanol–water partition coefficient (Wildman–Crippen LogP) is -0.369. The molecule has 5 heteroatoms. The van der Waals surface area contributed by atoms with Crippen LogP contribution in [0.3, 0.4) is 0 Å². The van der Waals surface area contributed by atoms with Crippen molar-refractivity contribution in [3.8, 4) is 0 Å². The van der Waals surface area contributed by atoms with Crippen molar-refractivity contribution in [2.24, 2.45) is 11.1 Å². The van der Waals surface area contributed by atoms with Crippen LogP contribution in [-0.4, -0.2) is 43.9 Å². The quantitative estimate of drug-likeness (QED) is 0.521. The molecule has 1 fully saturated rings. The van der Waals surface area contributed by atoms with E-state index in [0.717, 1.165) is 25.7 Å². The van der Waals surface area contributed by atoms with Crippen LogP contribution in [0.5, 0.6) is 0 Å². The second kappa shape index (κ2) is 6.83. The first-order valence-electron chi connectivity index (χ1n) is 5.92. The van der Waals surface area contributed by atoms with E-state index in [4.69, 9.17) is 15.6 Å². The summed E-state index contributed by atoms with van der Waals surface area (Å²) in [4.78, 5) is 11.9. The van der Waals surface area contributed by atoms with E-state index in [1.807, 2.05) is 0 Å². The SMILES string of the molecule is NCC1(C(=O)NCCOCCO)CCCC1. The topological polar surface area (TPSA) is 84.6 Å². The molecule has 1 saturated carbocycles. The number of hydrogen-bond acceptors (Lipinski definition) is 4. The molecular weight excluding hydrogens is 208 g/mol. The van der Waals surface area contributed by atoms with Crippen LogP contribution in [0.25, 0.3) is 0 Å². The Morgan fingerprint density at radius 1 is 1.38 bits per heavy atom. The average Bonchev–Trinajstić information content (AvgIpc) is 2.78. The zero-order chi connectivity index (χ0) is 11.9. The summed E-state index contributed by atoms with van der Waals surface area (Å²) in [6, 6.07) is 0. The molecule has 4 N–H and O–H groups in total. The summed E-state index contributed by atoms with van der Waals surface area (Å²) in [6.45, 7) is 1.68. The van der Waals surface area contributed by atoms with Crippen LogP contribution in [-0.2, 0) is 9.53 Å². The van der Waals surface area contributed by atoms with E-state index in [2.05, 4.69) is 5.32 Å². The highest BCUT2D eigenvalue weighted by molar-refractivity contribution is 5.83. The van der Waals surface area contributed by atoms with Gasteiger partial charge in [0.2, 0.25) is 5.91 Å². The molecule has 0 radical (unpaired) electrons. The molecule has 0 saturated heterocycles. The molecule has 0 bridgehead atoms. The van der Waals surface area contributed by atoms with Crippen LogP contribution in [0, 0.1) is 5.41 Å². The van der Waals surface area contributed by atoms with Gasteiger partial charge >= 0.3 is 0 Å². The van der Waals surface area contributed by atoms with E-state index < -0.39 is 0 Å². The molecule has 94 valence electrons. The monoisotopic (exact) mass is 230 g/mol. The van der Waals surface area contributed by atoms with Gasteiger partial charge in [-0.3, -0.25) is 4.79 Å². The van der Waals surface area contributed by atoms with Gasteiger partial charge < -0.3 is 20.9 Å². The lowest BCUT2D eigenvalue weighted by atomic mass is 9.85. The standard InChI is InChI=1S/C11H22N2O3/c12-9-11(3-1-2-4-11)10(15)13-5-7-16-8-6-14/h14H,1-9,12H2,(H,13,15). The Hall–Kier alpha value is -0.650. The Balaban J connectivity index is 2.22. The maximum absolute atomic E-state index is 11.9. The molecule has 0 aromatic heterocycles. The fraction of sp³-hybridized carbons (Fsp3) is 0.909. The lowest BCUT2D eigenvalue weighted by Gasteiger charge is -2.25. The number of amides is 1. The van der Waals surface area contributed by atoms with Gasteiger partial charge in [-0.05, 0) is 12.8 Å². The molecule has 0 spiro atoms. The second-order valence-corrected chi connectivity index (χ2v) is 4.28. The molecule has 0 aromatic carbocycles. The molecule has 16 heavy (non-hydrogen) atoms. The van der Waals surface area contributed by atoms with E-state index in [1.54, 1.807) is 0 Å². The molecule has 0 aliphatic heterocycles. The van der Waals surface area contributed by atoms with Gasteiger partial charge in [0.15, 0.2) is 0 Å². The molecule has 0 atom stereocenters. The van der Waals surface area contributed by atoms with Crippen molar-refractivity contribution in [1.29, 1.82) is 0 Å². The van der Waals surface area contributed by atoms with Crippen molar-refractivity contribution in [2.45, 2.75) is 25.7 Å². The average molecular weight is 230 g/mol. The minimum absolute atomic E-state index is 0.0146. The van der Waals surface area contributed by atoms with Crippen molar-refractivity contribution in [1.82, 2.24) is 5.32 Å². The zero-order valence-corrected chi connectivity index (χ0v) is 9.71. The summed E-state index contributed by atoms with van der Waals surface area (Å²) in [7, 11) is 0. The molecule has 1 amide bonds. The summed E-state index contributed by atoms with van der Waals surface area (Å²) in [5, 5.41) is 11.3. The molecule has 5 nitrogen and oxygen atoms in total. The number of aliphatic hydroxyl groups excluding tert-OH is 1. The van der Waals surface area contributed by atoms with Crippen molar-refractivity contribution >= 4 is 5.91 Å². The highest BCUT2D eigenvalue weighted by atomic mass is 16.5. The molecule has 1 aliphatic carbocycles. The normalized spacial score (nSPS) is 18.6. The van der Waals surface area contributed by atoms with Crippen molar-refractivity contribution < 1.29 is 14.6 Å². The number of carbonyl (C=O) groups is 1. The number of ether oxygens (including phenoxy) is 1.